The highest BCUT2D eigenvalue weighted by Gasteiger charge is 2.30. The third-order valence-corrected chi connectivity index (χ3v) is 6.43. The van der Waals surface area contributed by atoms with Gasteiger partial charge < -0.3 is 24.9 Å². The fourth-order valence-corrected chi connectivity index (χ4v) is 4.75. The van der Waals surface area contributed by atoms with Crippen LogP contribution in [0.4, 0.5) is 0 Å². The SMILES string of the molecule is COc1ccc(CCn2c(O)c(C3NCCc4c3[nH]c3ccccc43)c(=O)[nH]c2=O)cc1OC. The smallest absolute Gasteiger partial charge is 0.331 e. The van der Waals surface area contributed by atoms with Crippen LogP contribution in [0.5, 0.6) is 17.4 Å². The molecule has 0 saturated heterocycles. The monoisotopic (exact) mass is 462 g/mol. The van der Waals surface area contributed by atoms with Gasteiger partial charge in [-0.05, 0) is 42.2 Å². The number of hydrogen-bond acceptors (Lipinski definition) is 6. The van der Waals surface area contributed by atoms with Crippen molar-refractivity contribution in [2.75, 3.05) is 20.8 Å². The van der Waals surface area contributed by atoms with E-state index in [0.29, 0.717) is 24.5 Å². The zero-order chi connectivity index (χ0) is 23.8. The van der Waals surface area contributed by atoms with E-state index in [0.717, 1.165) is 34.1 Å². The van der Waals surface area contributed by atoms with E-state index in [1.807, 2.05) is 36.4 Å². The Bertz CT molecular complexity index is 1480. The molecule has 0 spiro atoms. The molecule has 1 aliphatic rings. The largest absolute Gasteiger partial charge is 0.494 e. The van der Waals surface area contributed by atoms with Gasteiger partial charge in [0.2, 0.25) is 5.88 Å². The van der Waals surface area contributed by atoms with Gasteiger partial charge in [0.15, 0.2) is 11.5 Å². The minimum atomic E-state index is -0.653. The number of methoxy groups -OCH3 is 2. The first-order valence-electron chi connectivity index (χ1n) is 11.1. The van der Waals surface area contributed by atoms with Crippen molar-refractivity contribution in [2.24, 2.45) is 0 Å². The van der Waals surface area contributed by atoms with E-state index in [1.165, 1.54) is 4.57 Å². The average Bonchev–Trinajstić information content (AvgIpc) is 3.23. The number of hydrogen-bond donors (Lipinski definition) is 4. The number of nitrogens with one attached hydrogen (secondary N) is 3. The standard InChI is InChI=1S/C25H26N4O5/c1-33-18-8-7-14(13-19(18)34-2)10-12-29-24(31)20(23(30)28-25(29)32)22-21-16(9-11-26-22)15-5-3-4-6-17(15)27-21/h3-8,13,22,26-27,31H,9-12H2,1-2H3,(H,28,30,32). The van der Waals surface area contributed by atoms with Crippen LogP contribution in [-0.4, -0.2) is 40.4 Å². The Balaban J connectivity index is 1.52. The number of fused-ring (bicyclic) bond motifs is 3. The van der Waals surface area contributed by atoms with Gasteiger partial charge in [-0.1, -0.05) is 24.3 Å². The minimum absolute atomic E-state index is 0.124. The molecule has 0 aliphatic carbocycles. The van der Waals surface area contributed by atoms with Crippen LogP contribution < -0.4 is 26.0 Å². The van der Waals surface area contributed by atoms with Gasteiger partial charge in [0, 0.05) is 29.7 Å². The lowest BCUT2D eigenvalue weighted by Gasteiger charge is -2.25. The van der Waals surface area contributed by atoms with Crippen LogP contribution in [0.1, 0.15) is 28.4 Å². The van der Waals surface area contributed by atoms with Crippen LogP contribution in [0.3, 0.4) is 0 Å². The van der Waals surface area contributed by atoms with Crippen molar-refractivity contribution in [2.45, 2.75) is 25.4 Å². The first-order chi connectivity index (χ1) is 16.5. The van der Waals surface area contributed by atoms with Gasteiger partial charge in [-0.25, -0.2) is 4.79 Å². The molecule has 9 nitrogen and oxygen atoms in total. The third-order valence-electron chi connectivity index (χ3n) is 6.43. The molecule has 4 aromatic rings. The van der Waals surface area contributed by atoms with E-state index in [1.54, 1.807) is 20.3 Å². The third kappa shape index (κ3) is 3.63. The molecular formula is C25H26N4O5. The Morgan fingerprint density at radius 2 is 1.85 bits per heavy atom. The van der Waals surface area contributed by atoms with Crippen molar-refractivity contribution in [1.82, 2.24) is 19.9 Å². The first-order valence-corrected chi connectivity index (χ1v) is 11.1. The number of para-hydroxylation sites is 1. The number of aromatic nitrogens is 3. The van der Waals surface area contributed by atoms with E-state index in [9.17, 15) is 14.7 Å². The second-order valence-corrected chi connectivity index (χ2v) is 8.29. The quantitative estimate of drug-likeness (QED) is 0.349. The lowest BCUT2D eigenvalue weighted by atomic mass is 9.95. The minimum Gasteiger partial charge on any atom is -0.494 e. The van der Waals surface area contributed by atoms with Gasteiger partial charge in [0.25, 0.3) is 5.56 Å². The van der Waals surface area contributed by atoms with E-state index in [4.69, 9.17) is 9.47 Å². The zero-order valence-electron chi connectivity index (χ0n) is 19.0. The molecule has 0 radical (unpaired) electrons. The lowest BCUT2D eigenvalue weighted by molar-refractivity contribution is 0.354. The van der Waals surface area contributed by atoms with Crippen molar-refractivity contribution >= 4 is 10.9 Å². The van der Waals surface area contributed by atoms with Crippen molar-refractivity contribution in [3.63, 3.8) is 0 Å². The maximum Gasteiger partial charge on any atom is 0.331 e. The molecular weight excluding hydrogens is 436 g/mol. The molecule has 0 saturated carbocycles. The molecule has 4 N–H and O–H groups in total. The molecule has 1 atom stereocenters. The molecule has 0 bridgehead atoms. The van der Waals surface area contributed by atoms with Gasteiger partial charge in [-0.2, -0.15) is 0 Å². The second-order valence-electron chi connectivity index (χ2n) is 8.29. The Morgan fingerprint density at radius 1 is 1.06 bits per heavy atom. The summed E-state index contributed by atoms with van der Waals surface area (Å²) in [6, 6.07) is 12.9. The topological polar surface area (TPSA) is 121 Å². The van der Waals surface area contributed by atoms with Gasteiger partial charge in [0.1, 0.15) is 5.56 Å². The molecule has 34 heavy (non-hydrogen) atoms. The highest BCUT2D eigenvalue weighted by atomic mass is 16.5. The number of aryl methyl sites for hydroxylation is 1. The molecule has 1 aliphatic heterocycles. The number of benzene rings is 2. The number of rotatable bonds is 6. The summed E-state index contributed by atoms with van der Waals surface area (Å²) < 4.78 is 11.8. The maximum atomic E-state index is 12.9. The lowest BCUT2D eigenvalue weighted by Crippen LogP contribution is -2.39. The van der Waals surface area contributed by atoms with Gasteiger partial charge >= 0.3 is 5.69 Å². The molecule has 3 heterocycles. The predicted octanol–water partition coefficient (Wildman–Crippen LogP) is 2.22. The number of nitrogens with zero attached hydrogens (tertiary/aromatic N) is 1. The summed E-state index contributed by atoms with van der Waals surface area (Å²) in [7, 11) is 3.12. The number of aromatic amines is 2. The fourth-order valence-electron chi connectivity index (χ4n) is 4.75. The Labute approximate surface area is 195 Å². The Morgan fingerprint density at radius 3 is 2.65 bits per heavy atom. The van der Waals surface area contributed by atoms with Crippen molar-refractivity contribution in [3.05, 3.63) is 85.7 Å². The van der Waals surface area contributed by atoms with Crippen LogP contribution in [0.25, 0.3) is 10.9 Å². The van der Waals surface area contributed by atoms with Crippen molar-refractivity contribution in [1.29, 1.82) is 0 Å². The highest BCUT2D eigenvalue weighted by molar-refractivity contribution is 5.85. The van der Waals surface area contributed by atoms with Crippen LogP contribution >= 0.6 is 0 Å². The summed E-state index contributed by atoms with van der Waals surface area (Å²) in [6.45, 7) is 0.819. The molecule has 176 valence electrons. The van der Waals surface area contributed by atoms with Crippen molar-refractivity contribution in [3.8, 4) is 17.4 Å². The molecule has 5 rings (SSSR count). The van der Waals surface area contributed by atoms with Gasteiger partial charge in [0.05, 0.1) is 20.3 Å². The van der Waals surface area contributed by atoms with Crippen LogP contribution in [0.2, 0.25) is 0 Å². The average molecular weight is 463 g/mol. The van der Waals surface area contributed by atoms with E-state index < -0.39 is 17.3 Å². The van der Waals surface area contributed by atoms with Gasteiger partial charge in [-0.3, -0.25) is 14.3 Å². The normalized spacial score (nSPS) is 15.3. The van der Waals surface area contributed by atoms with Gasteiger partial charge in [-0.15, -0.1) is 0 Å². The van der Waals surface area contributed by atoms with E-state index >= 15 is 0 Å². The summed E-state index contributed by atoms with van der Waals surface area (Å²) in [4.78, 5) is 31.2. The Hall–Kier alpha value is -3.98. The predicted molar refractivity (Wildman–Crippen MR) is 128 cm³/mol. The second kappa shape index (κ2) is 8.75. The highest BCUT2D eigenvalue weighted by Crippen LogP contribution is 2.35. The van der Waals surface area contributed by atoms with E-state index in [-0.39, 0.29) is 18.0 Å². The molecule has 0 fully saturated rings. The summed E-state index contributed by atoms with van der Waals surface area (Å²) >= 11 is 0. The fraction of sp³-hybridized carbons (Fsp3) is 0.280. The zero-order valence-corrected chi connectivity index (χ0v) is 19.0. The summed E-state index contributed by atoms with van der Waals surface area (Å²) in [5.41, 5.74) is 2.68. The summed E-state index contributed by atoms with van der Waals surface area (Å²) in [5, 5.41) is 15.5. The molecule has 2 aromatic heterocycles. The van der Waals surface area contributed by atoms with Crippen LogP contribution in [-0.2, 0) is 19.4 Å². The molecule has 1 unspecified atom stereocenters. The number of ether oxygens (including phenoxy) is 2. The number of H-pyrrole nitrogens is 2. The number of aromatic hydroxyl groups is 1. The Kier molecular flexibility index (Phi) is 5.62. The van der Waals surface area contributed by atoms with Crippen LogP contribution in [0, 0.1) is 0 Å². The summed E-state index contributed by atoms with van der Waals surface area (Å²) in [6.07, 6.45) is 1.24. The van der Waals surface area contributed by atoms with Crippen LogP contribution in [0.15, 0.2) is 52.1 Å². The first kappa shape index (κ1) is 21.8. The van der Waals surface area contributed by atoms with Crippen molar-refractivity contribution < 1.29 is 14.6 Å². The van der Waals surface area contributed by atoms with E-state index in [2.05, 4.69) is 15.3 Å². The molecule has 2 aromatic carbocycles. The maximum absolute atomic E-state index is 12.9. The molecule has 9 heteroatoms. The summed E-state index contributed by atoms with van der Waals surface area (Å²) in [5.74, 6) is 0.852. The molecule has 0 amide bonds.